The molecule has 0 bridgehead atoms. The van der Waals surface area contributed by atoms with Crippen LogP contribution in [0.4, 0.5) is 0 Å². The lowest BCUT2D eigenvalue weighted by Crippen LogP contribution is -2.18. The van der Waals surface area contributed by atoms with Gasteiger partial charge in [-0.15, -0.1) is 0 Å². The fraction of sp³-hybridized carbons (Fsp3) is 0.955. The van der Waals surface area contributed by atoms with Gasteiger partial charge < -0.3 is 5.11 Å². The molecule has 0 aliphatic carbocycles. The van der Waals surface area contributed by atoms with Crippen LogP contribution in [0.1, 0.15) is 124 Å². The van der Waals surface area contributed by atoms with Crippen LogP contribution < -0.4 is 0 Å². The van der Waals surface area contributed by atoms with Gasteiger partial charge in [-0.2, -0.15) is 0 Å². The fourth-order valence-electron chi connectivity index (χ4n) is 3.65. The molecule has 0 aromatic rings. The smallest absolute Gasteiger partial charge is 0.306 e. The van der Waals surface area contributed by atoms with Crippen LogP contribution in [0.25, 0.3) is 0 Å². The Morgan fingerprint density at radius 1 is 0.667 bits per heavy atom. The van der Waals surface area contributed by atoms with Crippen molar-refractivity contribution in [3.05, 3.63) is 0 Å². The molecular formula is C22H44O2. The maximum absolute atomic E-state index is 11.7. The molecule has 0 aromatic heterocycles. The number of aliphatic carboxylic acids is 1. The van der Waals surface area contributed by atoms with E-state index in [1.165, 1.54) is 83.5 Å². The summed E-state index contributed by atoms with van der Waals surface area (Å²) in [5.41, 5.74) is 0. The maximum atomic E-state index is 11.7. The lowest BCUT2D eigenvalue weighted by Gasteiger charge is -2.21. The molecule has 2 heteroatoms. The third kappa shape index (κ3) is 13.9. The average Bonchev–Trinajstić information content (AvgIpc) is 2.57. The van der Waals surface area contributed by atoms with Gasteiger partial charge in [0.2, 0.25) is 0 Å². The second kappa shape index (κ2) is 17.3. The molecule has 0 amide bonds. The van der Waals surface area contributed by atoms with Crippen molar-refractivity contribution >= 4 is 5.97 Å². The Morgan fingerprint density at radius 2 is 1.12 bits per heavy atom. The summed E-state index contributed by atoms with van der Waals surface area (Å²) in [5.74, 6) is -0.0363. The van der Waals surface area contributed by atoms with E-state index in [-0.39, 0.29) is 5.92 Å². The van der Waals surface area contributed by atoms with E-state index in [1.807, 2.05) is 0 Å². The highest BCUT2D eigenvalue weighted by Gasteiger charge is 2.21. The van der Waals surface area contributed by atoms with Crippen molar-refractivity contribution in [1.82, 2.24) is 0 Å². The molecule has 0 aliphatic heterocycles. The molecule has 0 saturated heterocycles. The Labute approximate surface area is 151 Å². The third-order valence-electron chi connectivity index (χ3n) is 5.31. The molecule has 0 spiro atoms. The zero-order valence-electron chi connectivity index (χ0n) is 16.8. The highest BCUT2D eigenvalue weighted by atomic mass is 16.4. The largest absolute Gasteiger partial charge is 0.481 e. The first-order chi connectivity index (χ1) is 11.7. The maximum Gasteiger partial charge on any atom is 0.306 e. The van der Waals surface area contributed by atoms with Crippen molar-refractivity contribution in [2.75, 3.05) is 0 Å². The fourth-order valence-corrected chi connectivity index (χ4v) is 3.65. The summed E-state index contributed by atoms with van der Waals surface area (Å²) >= 11 is 0. The topological polar surface area (TPSA) is 37.3 Å². The average molecular weight is 341 g/mol. The van der Waals surface area contributed by atoms with Gasteiger partial charge in [0.05, 0.1) is 5.92 Å². The van der Waals surface area contributed by atoms with Gasteiger partial charge in [-0.3, -0.25) is 4.79 Å². The van der Waals surface area contributed by atoms with Crippen molar-refractivity contribution in [2.45, 2.75) is 124 Å². The molecule has 0 aliphatic rings. The monoisotopic (exact) mass is 340 g/mol. The summed E-state index contributed by atoms with van der Waals surface area (Å²) in [6, 6.07) is 0. The van der Waals surface area contributed by atoms with E-state index in [4.69, 9.17) is 0 Å². The molecule has 0 fully saturated rings. The van der Waals surface area contributed by atoms with Gasteiger partial charge in [0.25, 0.3) is 0 Å². The van der Waals surface area contributed by atoms with E-state index in [2.05, 4.69) is 20.8 Å². The first kappa shape index (κ1) is 23.5. The van der Waals surface area contributed by atoms with Gasteiger partial charge in [0.1, 0.15) is 0 Å². The van der Waals surface area contributed by atoms with Crippen molar-refractivity contribution < 1.29 is 9.90 Å². The van der Waals surface area contributed by atoms with Crippen LogP contribution in [0, 0.1) is 11.8 Å². The lowest BCUT2D eigenvalue weighted by molar-refractivity contribution is -0.142. The molecule has 0 rings (SSSR count). The molecular weight excluding hydrogens is 296 g/mol. The Balaban J connectivity index is 4.18. The van der Waals surface area contributed by atoms with Crippen LogP contribution in [-0.2, 0) is 4.79 Å². The van der Waals surface area contributed by atoms with E-state index in [0.717, 1.165) is 19.3 Å². The van der Waals surface area contributed by atoms with E-state index < -0.39 is 5.97 Å². The quantitative estimate of drug-likeness (QED) is 0.261. The molecule has 0 saturated carbocycles. The minimum absolute atomic E-state index is 0.107. The van der Waals surface area contributed by atoms with Crippen molar-refractivity contribution in [3.8, 4) is 0 Å². The summed E-state index contributed by atoms with van der Waals surface area (Å²) < 4.78 is 0. The molecule has 0 heterocycles. The van der Waals surface area contributed by atoms with Crippen LogP contribution in [0.3, 0.4) is 0 Å². The summed E-state index contributed by atoms with van der Waals surface area (Å²) in [6.45, 7) is 6.71. The standard InChI is InChI=1S/C22H44O2/c1-4-7-10-12-13-15-18-21(22(23)24)19-20(16-9-6-3)17-14-11-8-5-2/h20-21H,4-19H2,1-3H3,(H,23,24). The summed E-state index contributed by atoms with van der Waals surface area (Å²) in [6.07, 6.45) is 19.4. The number of carboxylic acid groups (broad SMARTS) is 1. The van der Waals surface area contributed by atoms with Gasteiger partial charge >= 0.3 is 5.97 Å². The lowest BCUT2D eigenvalue weighted by atomic mass is 9.84. The molecule has 1 N–H and O–H groups in total. The van der Waals surface area contributed by atoms with Crippen LogP contribution in [-0.4, -0.2) is 11.1 Å². The molecule has 0 aromatic carbocycles. The van der Waals surface area contributed by atoms with Gasteiger partial charge in [-0.1, -0.05) is 111 Å². The zero-order chi connectivity index (χ0) is 18.0. The van der Waals surface area contributed by atoms with Gasteiger partial charge in [0.15, 0.2) is 0 Å². The van der Waals surface area contributed by atoms with E-state index in [1.54, 1.807) is 0 Å². The van der Waals surface area contributed by atoms with Gasteiger partial charge in [-0.05, 0) is 18.8 Å². The Bertz CT molecular complexity index is 275. The number of hydrogen-bond acceptors (Lipinski definition) is 1. The van der Waals surface area contributed by atoms with Crippen LogP contribution in [0.5, 0.6) is 0 Å². The SMILES string of the molecule is CCCCCCCCC(CC(CCCC)CCCCCC)C(=O)O. The first-order valence-electron chi connectivity index (χ1n) is 10.9. The number of rotatable bonds is 18. The van der Waals surface area contributed by atoms with Crippen LogP contribution >= 0.6 is 0 Å². The molecule has 2 atom stereocenters. The minimum Gasteiger partial charge on any atom is -0.481 e. The van der Waals surface area contributed by atoms with Gasteiger partial charge in [0, 0.05) is 0 Å². The van der Waals surface area contributed by atoms with Crippen molar-refractivity contribution in [1.29, 1.82) is 0 Å². The summed E-state index contributed by atoms with van der Waals surface area (Å²) in [7, 11) is 0. The highest BCUT2D eigenvalue weighted by Crippen LogP contribution is 2.27. The predicted octanol–water partition coefficient (Wildman–Crippen LogP) is 7.60. The van der Waals surface area contributed by atoms with E-state index in [0.29, 0.717) is 5.92 Å². The number of carboxylic acids is 1. The summed E-state index contributed by atoms with van der Waals surface area (Å²) in [4.78, 5) is 11.7. The molecule has 2 unspecified atom stereocenters. The molecule has 0 radical (unpaired) electrons. The number of hydrogen-bond donors (Lipinski definition) is 1. The Hall–Kier alpha value is -0.530. The normalized spacial score (nSPS) is 13.8. The third-order valence-corrected chi connectivity index (χ3v) is 5.31. The zero-order valence-corrected chi connectivity index (χ0v) is 16.8. The van der Waals surface area contributed by atoms with Crippen LogP contribution in [0.2, 0.25) is 0 Å². The second-order valence-electron chi connectivity index (χ2n) is 7.68. The Kier molecular flexibility index (Phi) is 16.9. The van der Waals surface area contributed by atoms with Crippen LogP contribution in [0.15, 0.2) is 0 Å². The van der Waals surface area contributed by atoms with Crippen molar-refractivity contribution in [3.63, 3.8) is 0 Å². The number of carbonyl (C=O) groups is 1. The first-order valence-corrected chi connectivity index (χ1v) is 10.9. The minimum atomic E-state index is -0.557. The Morgan fingerprint density at radius 3 is 1.71 bits per heavy atom. The van der Waals surface area contributed by atoms with Gasteiger partial charge in [-0.25, -0.2) is 0 Å². The molecule has 144 valence electrons. The second-order valence-corrected chi connectivity index (χ2v) is 7.68. The highest BCUT2D eigenvalue weighted by molar-refractivity contribution is 5.69. The summed E-state index contributed by atoms with van der Waals surface area (Å²) in [5, 5.41) is 9.60. The molecule has 2 nitrogen and oxygen atoms in total. The predicted molar refractivity (Wildman–Crippen MR) is 106 cm³/mol. The van der Waals surface area contributed by atoms with E-state index in [9.17, 15) is 9.90 Å². The van der Waals surface area contributed by atoms with E-state index >= 15 is 0 Å². The molecule has 24 heavy (non-hydrogen) atoms. The van der Waals surface area contributed by atoms with Crippen molar-refractivity contribution in [2.24, 2.45) is 11.8 Å². The number of unbranched alkanes of at least 4 members (excludes halogenated alkanes) is 9.